The minimum atomic E-state index is -0.325. The van der Waals surface area contributed by atoms with Gasteiger partial charge in [-0.15, -0.1) is 0 Å². The lowest BCUT2D eigenvalue weighted by Gasteiger charge is -2.08. The largest absolute Gasteiger partial charge is 0.497 e. The third-order valence-corrected chi connectivity index (χ3v) is 3.73. The number of carbonyl (C=O) groups excluding carboxylic acids is 1. The first kappa shape index (κ1) is 15.8. The van der Waals surface area contributed by atoms with Crippen molar-refractivity contribution in [1.29, 1.82) is 0 Å². The molecule has 0 saturated carbocycles. The second-order valence-electron chi connectivity index (χ2n) is 5.37. The van der Waals surface area contributed by atoms with E-state index in [0.29, 0.717) is 5.56 Å². The Balaban J connectivity index is 1.73. The normalized spacial score (nSPS) is 10.2. The van der Waals surface area contributed by atoms with Gasteiger partial charge in [0.2, 0.25) is 0 Å². The van der Waals surface area contributed by atoms with E-state index >= 15 is 0 Å². The zero-order valence-electron chi connectivity index (χ0n) is 13.4. The van der Waals surface area contributed by atoms with Gasteiger partial charge in [-0.3, -0.25) is 0 Å². The van der Waals surface area contributed by atoms with Crippen LogP contribution in [0.25, 0.3) is 11.1 Å². The van der Waals surface area contributed by atoms with Gasteiger partial charge in [0.15, 0.2) is 0 Å². The van der Waals surface area contributed by atoms with E-state index in [1.807, 2.05) is 72.8 Å². The molecule has 0 spiro atoms. The first-order chi connectivity index (χ1) is 11.8. The predicted molar refractivity (Wildman–Crippen MR) is 94.0 cm³/mol. The molecule has 3 aromatic rings. The van der Waals surface area contributed by atoms with Crippen LogP contribution in [-0.2, 0) is 11.3 Å². The van der Waals surface area contributed by atoms with Crippen molar-refractivity contribution >= 4 is 5.97 Å². The summed E-state index contributed by atoms with van der Waals surface area (Å²) < 4.78 is 10.5. The maximum Gasteiger partial charge on any atom is 0.338 e. The smallest absolute Gasteiger partial charge is 0.338 e. The highest BCUT2D eigenvalue weighted by Crippen LogP contribution is 2.23. The van der Waals surface area contributed by atoms with Crippen molar-refractivity contribution in [1.82, 2.24) is 0 Å². The van der Waals surface area contributed by atoms with E-state index in [1.54, 1.807) is 13.2 Å². The molecule has 0 aliphatic rings. The molecule has 3 aromatic carbocycles. The molecule has 0 bridgehead atoms. The zero-order valence-corrected chi connectivity index (χ0v) is 13.4. The van der Waals surface area contributed by atoms with E-state index in [-0.39, 0.29) is 12.6 Å². The number of hydrogen-bond donors (Lipinski definition) is 0. The van der Waals surface area contributed by atoms with Crippen LogP contribution in [0.3, 0.4) is 0 Å². The van der Waals surface area contributed by atoms with Gasteiger partial charge in [-0.1, -0.05) is 54.6 Å². The lowest BCUT2D eigenvalue weighted by Crippen LogP contribution is -2.05. The molecular weight excluding hydrogens is 300 g/mol. The predicted octanol–water partition coefficient (Wildman–Crippen LogP) is 4.72. The van der Waals surface area contributed by atoms with Crippen LogP contribution in [-0.4, -0.2) is 13.1 Å². The Morgan fingerprint density at radius 1 is 0.833 bits per heavy atom. The van der Waals surface area contributed by atoms with Crippen LogP contribution in [0.15, 0.2) is 78.9 Å². The molecule has 0 fully saturated rings. The molecule has 0 amide bonds. The molecule has 0 aromatic heterocycles. The zero-order chi connectivity index (χ0) is 16.8. The number of ether oxygens (including phenoxy) is 2. The van der Waals surface area contributed by atoms with Crippen molar-refractivity contribution in [3.8, 4) is 16.9 Å². The monoisotopic (exact) mass is 318 g/mol. The number of hydrogen-bond acceptors (Lipinski definition) is 3. The Hall–Kier alpha value is -3.07. The van der Waals surface area contributed by atoms with Crippen LogP contribution in [0.5, 0.6) is 5.75 Å². The lowest BCUT2D eigenvalue weighted by atomic mass is 10.0. The van der Waals surface area contributed by atoms with Crippen molar-refractivity contribution in [2.45, 2.75) is 6.61 Å². The maximum atomic E-state index is 12.3. The number of esters is 1. The molecule has 0 aliphatic carbocycles. The summed E-state index contributed by atoms with van der Waals surface area (Å²) in [5.41, 5.74) is 3.50. The molecule has 0 unspecified atom stereocenters. The van der Waals surface area contributed by atoms with Gasteiger partial charge >= 0.3 is 5.97 Å². The molecule has 3 rings (SSSR count). The highest BCUT2D eigenvalue weighted by molar-refractivity contribution is 5.91. The van der Waals surface area contributed by atoms with Gasteiger partial charge in [-0.05, 0) is 41.0 Å². The Bertz CT molecular complexity index is 808. The minimum absolute atomic E-state index is 0.270. The summed E-state index contributed by atoms with van der Waals surface area (Å²) in [6, 6.07) is 24.8. The topological polar surface area (TPSA) is 35.5 Å². The second kappa shape index (κ2) is 7.47. The van der Waals surface area contributed by atoms with Gasteiger partial charge in [-0.2, -0.15) is 0 Å². The summed E-state index contributed by atoms with van der Waals surface area (Å²) in [6.07, 6.45) is 0. The minimum Gasteiger partial charge on any atom is -0.497 e. The van der Waals surface area contributed by atoms with Gasteiger partial charge in [-0.25, -0.2) is 4.79 Å². The highest BCUT2D eigenvalue weighted by Gasteiger charge is 2.09. The fourth-order valence-electron chi connectivity index (χ4n) is 2.42. The van der Waals surface area contributed by atoms with Crippen LogP contribution in [0.2, 0.25) is 0 Å². The summed E-state index contributed by atoms with van der Waals surface area (Å²) in [5.74, 6) is 0.478. The fraction of sp³-hybridized carbons (Fsp3) is 0.0952. The molecule has 0 heterocycles. The fourth-order valence-corrected chi connectivity index (χ4v) is 2.42. The van der Waals surface area contributed by atoms with Crippen LogP contribution in [0, 0.1) is 0 Å². The summed E-state index contributed by atoms with van der Waals surface area (Å²) in [5, 5.41) is 0. The van der Waals surface area contributed by atoms with E-state index in [9.17, 15) is 4.79 Å². The third-order valence-electron chi connectivity index (χ3n) is 3.73. The molecule has 24 heavy (non-hydrogen) atoms. The summed E-state index contributed by atoms with van der Waals surface area (Å²) in [6.45, 7) is 0.270. The average Bonchev–Trinajstić information content (AvgIpc) is 2.67. The molecule has 120 valence electrons. The lowest BCUT2D eigenvalue weighted by molar-refractivity contribution is 0.0473. The van der Waals surface area contributed by atoms with Crippen molar-refractivity contribution in [2.24, 2.45) is 0 Å². The molecule has 3 heteroatoms. The Labute approximate surface area is 141 Å². The first-order valence-corrected chi connectivity index (χ1v) is 7.72. The third kappa shape index (κ3) is 3.82. The standard InChI is InChI=1S/C21H18O3/c1-23-20-12-10-17(11-13-20)18-8-5-9-19(14-18)21(22)24-15-16-6-3-2-4-7-16/h2-14H,15H2,1H3. The van der Waals surface area contributed by atoms with E-state index in [4.69, 9.17) is 9.47 Å². The van der Waals surface area contributed by atoms with Gasteiger partial charge in [0, 0.05) is 0 Å². The van der Waals surface area contributed by atoms with E-state index in [0.717, 1.165) is 22.4 Å². The molecule has 3 nitrogen and oxygen atoms in total. The van der Waals surface area contributed by atoms with Crippen molar-refractivity contribution in [3.05, 3.63) is 90.0 Å². The molecule has 0 aliphatic heterocycles. The Morgan fingerprint density at radius 3 is 2.29 bits per heavy atom. The van der Waals surface area contributed by atoms with Crippen LogP contribution in [0.1, 0.15) is 15.9 Å². The summed E-state index contributed by atoms with van der Waals surface area (Å²) >= 11 is 0. The van der Waals surface area contributed by atoms with E-state index < -0.39 is 0 Å². The van der Waals surface area contributed by atoms with Crippen molar-refractivity contribution < 1.29 is 14.3 Å². The molecule has 0 saturated heterocycles. The van der Waals surface area contributed by atoms with Gasteiger partial charge in [0.1, 0.15) is 12.4 Å². The number of carbonyl (C=O) groups is 1. The average molecular weight is 318 g/mol. The van der Waals surface area contributed by atoms with Crippen LogP contribution in [0.4, 0.5) is 0 Å². The number of rotatable bonds is 5. The number of benzene rings is 3. The van der Waals surface area contributed by atoms with E-state index in [1.165, 1.54) is 0 Å². The molecular formula is C21H18O3. The summed E-state index contributed by atoms with van der Waals surface area (Å²) in [7, 11) is 1.64. The molecule has 0 atom stereocenters. The van der Waals surface area contributed by atoms with Gasteiger partial charge in [0.05, 0.1) is 12.7 Å². The van der Waals surface area contributed by atoms with Crippen molar-refractivity contribution in [3.63, 3.8) is 0 Å². The molecule has 0 N–H and O–H groups in total. The number of methoxy groups -OCH3 is 1. The van der Waals surface area contributed by atoms with Crippen LogP contribution >= 0.6 is 0 Å². The Kier molecular flexibility index (Phi) is 4.92. The first-order valence-electron chi connectivity index (χ1n) is 7.72. The highest BCUT2D eigenvalue weighted by atomic mass is 16.5. The second-order valence-corrected chi connectivity index (χ2v) is 5.37. The quantitative estimate of drug-likeness (QED) is 0.639. The Morgan fingerprint density at radius 2 is 1.58 bits per heavy atom. The van der Waals surface area contributed by atoms with Gasteiger partial charge < -0.3 is 9.47 Å². The van der Waals surface area contributed by atoms with Gasteiger partial charge in [0.25, 0.3) is 0 Å². The maximum absolute atomic E-state index is 12.3. The molecule has 0 radical (unpaired) electrons. The van der Waals surface area contributed by atoms with Crippen LogP contribution < -0.4 is 4.74 Å². The van der Waals surface area contributed by atoms with Crippen molar-refractivity contribution in [2.75, 3.05) is 7.11 Å². The summed E-state index contributed by atoms with van der Waals surface area (Å²) in [4.78, 5) is 12.3. The van der Waals surface area contributed by atoms with E-state index in [2.05, 4.69) is 0 Å². The SMILES string of the molecule is COc1ccc(-c2cccc(C(=O)OCc3ccccc3)c2)cc1.